The number of rotatable bonds is 3. The summed E-state index contributed by atoms with van der Waals surface area (Å²) in [5.41, 5.74) is 0.0830. The van der Waals surface area contributed by atoms with Crippen molar-refractivity contribution < 1.29 is 5.11 Å². The Morgan fingerprint density at radius 1 is 1.14 bits per heavy atom. The molecule has 1 atom stereocenters. The van der Waals surface area contributed by atoms with Gasteiger partial charge in [-0.3, -0.25) is 4.90 Å². The van der Waals surface area contributed by atoms with Crippen molar-refractivity contribution >= 4 is 11.8 Å². The minimum atomic E-state index is -0.708. The van der Waals surface area contributed by atoms with Crippen LogP contribution in [0.5, 0.6) is 0 Å². The third-order valence-corrected chi connectivity index (χ3v) is 6.86. The Labute approximate surface area is 136 Å². The molecule has 1 aromatic heterocycles. The van der Waals surface area contributed by atoms with E-state index in [4.69, 9.17) is 0 Å². The van der Waals surface area contributed by atoms with Gasteiger partial charge in [0.2, 0.25) is 0 Å². The summed E-state index contributed by atoms with van der Waals surface area (Å²) >= 11 is 2.09. The molecule has 5 nitrogen and oxygen atoms in total. The predicted molar refractivity (Wildman–Crippen MR) is 88.0 cm³/mol. The molecule has 0 bridgehead atoms. The first-order chi connectivity index (χ1) is 10.7. The summed E-state index contributed by atoms with van der Waals surface area (Å²) in [5, 5.41) is 19.3. The van der Waals surface area contributed by atoms with Gasteiger partial charge in [0.1, 0.15) is 11.3 Å². The van der Waals surface area contributed by atoms with Crippen LogP contribution < -0.4 is 0 Å². The van der Waals surface area contributed by atoms with Gasteiger partial charge in [-0.25, -0.2) is 4.68 Å². The lowest BCUT2D eigenvalue weighted by Crippen LogP contribution is -2.42. The lowest BCUT2D eigenvalue weighted by Gasteiger charge is -2.35. The molecule has 0 radical (unpaired) electrons. The number of thioether (sulfide) groups is 1. The highest BCUT2D eigenvalue weighted by atomic mass is 32.2. The average molecular weight is 322 g/mol. The minimum Gasteiger partial charge on any atom is -0.383 e. The first-order valence-electron chi connectivity index (χ1n) is 8.71. The maximum absolute atomic E-state index is 10.6. The van der Waals surface area contributed by atoms with Crippen molar-refractivity contribution in [2.75, 3.05) is 24.6 Å². The van der Waals surface area contributed by atoms with Crippen molar-refractivity contribution in [1.29, 1.82) is 0 Å². The molecule has 6 heteroatoms. The smallest absolute Gasteiger partial charge is 0.114 e. The van der Waals surface area contributed by atoms with Crippen LogP contribution in [-0.4, -0.2) is 55.6 Å². The van der Waals surface area contributed by atoms with Crippen LogP contribution in [0.4, 0.5) is 0 Å². The Hall–Kier alpha value is -0.590. The van der Waals surface area contributed by atoms with E-state index in [0.717, 1.165) is 50.3 Å². The number of hydrogen-bond acceptors (Lipinski definition) is 5. The Morgan fingerprint density at radius 2 is 1.91 bits per heavy atom. The second kappa shape index (κ2) is 6.13. The van der Waals surface area contributed by atoms with Gasteiger partial charge in [0, 0.05) is 24.9 Å². The second-order valence-electron chi connectivity index (χ2n) is 7.11. The molecular formula is C16H26N4OS. The number of hydrogen-bond donors (Lipinski definition) is 1. The molecule has 1 saturated carbocycles. The van der Waals surface area contributed by atoms with Gasteiger partial charge in [-0.2, -0.15) is 11.8 Å². The van der Waals surface area contributed by atoms with Crippen LogP contribution in [0.25, 0.3) is 0 Å². The summed E-state index contributed by atoms with van der Waals surface area (Å²) in [5.74, 6) is 2.64. The molecule has 0 unspecified atom stereocenters. The number of nitrogens with zero attached hydrogens (tertiary/aromatic N) is 4. The topological polar surface area (TPSA) is 54.2 Å². The van der Waals surface area contributed by atoms with Crippen LogP contribution >= 0.6 is 11.8 Å². The van der Waals surface area contributed by atoms with E-state index in [-0.39, 0.29) is 0 Å². The molecule has 22 heavy (non-hydrogen) atoms. The average Bonchev–Trinajstić information content (AvgIpc) is 3.29. The van der Waals surface area contributed by atoms with Crippen LogP contribution in [0.15, 0.2) is 6.20 Å². The van der Waals surface area contributed by atoms with Crippen molar-refractivity contribution in [3.63, 3.8) is 0 Å². The van der Waals surface area contributed by atoms with Gasteiger partial charge in [-0.15, -0.1) is 5.10 Å². The molecule has 0 spiro atoms. The summed E-state index contributed by atoms with van der Waals surface area (Å²) < 4.78 is 2.02. The van der Waals surface area contributed by atoms with Crippen molar-refractivity contribution in [1.82, 2.24) is 19.9 Å². The monoisotopic (exact) mass is 322 g/mol. The quantitative estimate of drug-likeness (QED) is 0.924. The summed E-state index contributed by atoms with van der Waals surface area (Å²) in [4.78, 5) is 2.67. The zero-order chi connectivity index (χ0) is 15.0. The fourth-order valence-electron chi connectivity index (χ4n) is 4.21. The summed E-state index contributed by atoms with van der Waals surface area (Å²) in [6.07, 6.45) is 9.55. The van der Waals surface area contributed by atoms with Crippen molar-refractivity contribution in [3.8, 4) is 0 Å². The number of piperidine rings is 1. The highest BCUT2D eigenvalue weighted by Crippen LogP contribution is 2.38. The Bertz CT molecular complexity index is 500. The van der Waals surface area contributed by atoms with Crippen LogP contribution in [0, 0.1) is 0 Å². The van der Waals surface area contributed by atoms with E-state index in [1.165, 1.54) is 31.0 Å². The van der Waals surface area contributed by atoms with E-state index in [0.29, 0.717) is 6.04 Å². The number of aliphatic hydroxyl groups is 1. The molecule has 1 aromatic rings. The van der Waals surface area contributed by atoms with Gasteiger partial charge in [0.25, 0.3) is 0 Å². The molecule has 0 aromatic carbocycles. The molecule has 2 aliphatic heterocycles. The van der Waals surface area contributed by atoms with E-state index >= 15 is 0 Å². The van der Waals surface area contributed by atoms with E-state index in [9.17, 15) is 5.11 Å². The molecule has 0 amide bonds. The molecule has 1 aliphatic carbocycles. The number of aromatic nitrogens is 3. The van der Waals surface area contributed by atoms with Crippen LogP contribution in [0.1, 0.15) is 56.7 Å². The van der Waals surface area contributed by atoms with Crippen molar-refractivity contribution in [2.45, 2.75) is 62.6 Å². The molecule has 2 saturated heterocycles. The van der Waals surface area contributed by atoms with E-state index in [2.05, 4.69) is 27.0 Å². The van der Waals surface area contributed by atoms with Gasteiger partial charge >= 0.3 is 0 Å². The van der Waals surface area contributed by atoms with Crippen molar-refractivity contribution in [3.05, 3.63) is 11.9 Å². The molecule has 3 fully saturated rings. The summed E-state index contributed by atoms with van der Waals surface area (Å²) in [7, 11) is 0. The Kier molecular flexibility index (Phi) is 4.17. The van der Waals surface area contributed by atoms with Gasteiger partial charge in [0.05, 0.1) is 12.2 Å². The van der Waals surface area contributed by atoms with Gasteiger partial charge in [-0.1, -0.05) is 18.1 Å². The van der Waals surface area contributed by atoms with Crippen LogP contribution in [0.3, 0.4) is 0 Å². The lowest BCUT2D eigenvalue weighted by atomic mass is 9.98. The largest absolute Gasteiger partial charge is 0.383 e. The van der Waals surface area contributed by atoms with E-state index in [1.54, 1.807) is 0 Å². The minimum absolute atomic E-state index is 0.455. The molecule has 3 heterocycles. The first kappa shape index (κ1) is 15.0. The molecular weight excluding hydrogens is 296 g/mol. The maximum Gasteiger partial charge on any atom is 0.114 e. The third kappa shape index (κ3) is 2.81. The Balaban J connectivity index is 1.38. The Morgan fingerprint density at radius 3 is 2.59 bits per heavy atom. The predicted octanol–water partition coefficient (Wildman–Crippen LogP) is 2.18. The zero-order valence-electron chi connectivity index (χ0n) is 13.2. The van der Waals surface area contributed by atoms with Crippen LogP contribution in [-0.2, 0) is 5.60 Å². The van der Waals surface area contributed by atoms with Gasteiger partial charge in [0.15, 0.2) is 0 Å². The molecule has 3 aliphatic rings. The zero-order valence-corrected chi connectivity index (χ0v) is 14.0. The highest BCUT2D eigenvalue weighted by Gasteiger charge is 2.36. The van der Waals surface area contributed by atoms with E-state index in [1.807, 2.05) is 10.9 Å². The third-order valence-electron chi connectivity index (χ3n) is 5.71. The van der Waals surface area contributed by atoms with Gasteiger partial charge in [-0.05, 0) is 37.9 Å². The lowest BCUT2D eigenvalue weighted by molar-refractivity contribution is 0.0398. The summed E-state index contributed by atoms with van der Waals surface area (Å²) in [6.45, 7) is 2.35. The normalized spacial score (nSPS) is 30.1. The van der Waals surface area contributed by atoms with E-state index < -0.39 is 5.60 Å². The maximum atomic E-state index is 10.6. The fourth-order valence-corrected chi connectivity index (χ4v) is 5.46. The van der Waals surface area contributed by atoms with Crippen LogP contribution in [0.2, 0.25) is 0 Å². The SMILES string of the molecule is OC1(c2cn(C3CCN([C@H]4CCSC4)CC3)nn2)CCCC1. The summed E-state index contributed by atoms with van der Waals surface area (Å²) in [6, 6.07) is 1.26. The fraction of sp³-hybridized carbons (Fsp3) is 0.875. The number of likely N-dealkylation sites (tertiary alicyclic amines) is 1. The van der Waals surface area contributed by atoms with Gasteiger partial charge < -0.3 is 5.11 Å². The standard InChI is InChI=1S/C16H26N4OS/c21-16(6-1-2-7-16)15-11-20(18-17-15)13-3-8-19(9-4-13)14-5-10-22-12-14/h11,13-14,21H,1-10,12H2/t14-/m0/s1. The second-order valence-corrected chi connectivity index (χ2v) is 8.26. The molecule has 1 N–H and O–H groups in total. The molecule has 122 valence electrons. The molecule has 4 rings (SSSR count). The highest BCUT2D eigenvalue weighted by molar-refractivity contribution is 7.99. The van der Waals surface area contributed by atoms with Crippen molar-refractivity contribution in [2.24, 2.45) is 0 Å². The first-order valence-corrected chi connectivity index (χ1v) is 9.87.